The predicted octanol–water partition coefficient (Wildman–Crippen LogP) is 2.35. The lowest BCUT2D eigenvalue weighted by Crippen LogP contribution is -2.09. The van der Waals surface area contributed by atoms with Crippen LogP contribution in [-0.2, 0) is 9.53 Å². The first-order valence-corrected chi connectivity index (χ1v) is 7.08. The maximum atomic E-state index is 11.9. The van der Waals surface area contributed by atoms with Gasteiger partial charge in [0.15, 0.2) is 0 Å². The average Bonchev–Trinajstić information content (AvgIpc) is 3.17. The van der Waals surface area contributed by atoms with Gasteiger partial charge in [0.05, 0.1) is 18.1 Å². The number of carbonyl (C=O) groups is 2. The van der Waals surface area contributed by atoms with Crippen molar-refractivity contribution in [3.63, 3.8) is 0 Å². The first-order chi connectivity index (χ1) is 10.4. The fourth-order valence-corrected chi connectivity index (χ4v) is 2.40. The lowest BCUT2D eigenvalue weighted by molar-refractivity contribution is -0.109. The minimum atomic E-state index is -0.451. The van der Waals surface area contributed by atoms with E-state index in [1.165, 1.54) is 12.1 Å². The minimum Gasteiger partial charge on any atom is -0.462 e. The van der Waals surface area contributed by atoms with Crippen LogP contribution in [0.2, 0.25) is 0 Å². The van der Waals surface area contributed by atoms with Crippen molar-refractivity contribution >= 4 is 23.6 Å². The van der Waals surface area contributed by atoms with Crippen LogP contribution in [0.1, 0.15) is 23.7 Å². The van der Waals surface area contributed by atoms with Gasteiger partial charge in [0.1, 0.15) is 6.29 Å². The Morgan fingerprint density at radius 3 is 2.55 bits per heavy atom. The van der Waals surface area contributed by atoms with Crippen LogP contribution in [0.4, 0.5) is 11.4 Å². The van der Waals surface area contributed by atoms with Gasteiger partial charge in [0.2, 0.25) is 0 Å². The van der Waals surface area contributed by atoms with E-state index < -0.39 is 5.97 Å². The van der Waals surface area contributed by atoms with Crippen LogP contribution in [0.5, 0.6) is 0 Å². The summed E-state index contributed by atoms with van der Waals surface area (Å²) in [4.78, 5) is 22.9. The second-order valence-electron chi connectivity index (χ2n) is 5.55. The van der Waals surface area contributed by atoms with Gasteiger partial charge in [-0.05, 0) is 31.5 Å². The summed E-state index contributed by atoms with van der Waals surface area (Å²) in [5.41, 5.74) is 14.4. The van der Waals surface area contributed by atoms with Gasteiger partial charge in [-0.25, -0.2) is 4.79 Å². The first kappa shape index (κ1) is 15.8. The molecule has 0 aromatic heterocycles. The van der Waals surface area contributed by atoms with Crippen molar-refractivity contribution in [2.24, 2.45) is 11.8 Å². The molecule has 2 unspecified atom stereocenters. The molecule has 1 aromatic rings. The highest BCUT2D eigenvalue weighted by Crippen LogP contribution is 2.39. The quantitative estimate of drug-likeness (QED) is 0.349. The molecule has 0 radical (unpaired) electrons. The largest absolute Gasteiger partial charge is 0.462 e. The molecule has 0 bridgehead atoms. The topological polar surface area (TPSA) is 95.4 Å². The lowest BCUT2D eigenvalue weighted by Gasteiger charge is -2.09. The number of nitrogens with two attached hydrogens (primary N) is 2. The van der Waals surface area contributed by atoms with Gasteiger partial charge in [-0.2, -0.15) is 0 Å². The van der Waals surface area contributed by atoms with Crippen molar-refractivity contribution in [1.82, 2.24) is 0 Å². The summed E-state index contributed by atoms with van der Waals surface area (Å²) in [6, 6.07) is 4.64. The zero-order valence-electron chi connectivity index (χ0n) is 12.5. The van der Waals surface area contributed by atoms with Gasteiger partial charge in [-0.15, -0.1) is 0 Å². The van der Waals surface area contributed by atoms with E-state index in [-0.39, 0.29) is 18.4 Å². The van der Waals surface area contributed by atoms with E-state index in [9.17, 15) is 9.59 Å². The molecular weight excluding hydrogens is 280 g/mol. The summed E-state index contributed by atoms with van der Waals surface area (Å²) in [5.74, 6) is -0.451. The molecule has 0 amide bonds. The number of benzene rings is 1. The number of ether oxygens (including phenoxy) is 1. The van der Waals surface area contributed by atoms with Gasteiger partial charge in [0, 0.05) is 17.3 Å². The maximum Gasteiger partial charge on any atom is 0.338 e. The average molecular weight is 300 g/mol. The number of aldehydes is 1. The molecule has 0 fully saturated rings. The Morgan fingerprint density at radius 2 is 2.00 bits per heavy atom. The van der Waals surface area contributed by atoms with Crippen LogP contribution in [0, 0.1) is 11.8 Å². The third-order valence-electron chi connectivity index (χ3n) is 3.61. The van der Waals surface area contributed by atoms with E-state index >= 15 is 0 Å². The number of anilines is 2. The van der Waals surface area contributed by atoms with Crippen molar-refractivity contribution in [2.75, 3.05) is 18.1 Å². The lowest BCUT2D eigenvalue weighted by atomic mass is 9.97. The summed E-state index contributed by atoms with van der Waals surface area (Å²) in [6.07, 6.45) is 3.58. The highest BCUT2D eigenvalue weighted by molar-refractivity contribution is 5.91. The normalized spacial score (nSPS) is 17.3. The Kier molecular flexibility index (Phi) is 4.65. The van der Waals surface area contributed by atoms with Crippen molar-refractivity contribution in [2.45, 2.75) is 13.3 Å². The van der Waals surface area contributed by atoms with Gasteiger partial charge in [-0.1, -0.05) is 23.8 Å². The molecule has 22 heavy (non-hydrogen) atoms. The monoisotopic (exact) mass is 300 g/mol. The van der Waals surface area contributed by atoms with Crippen LogP contribution in [0.3, 0.4) is 0 Å². The molecule has 0 saturated heterocycles. The van der Waals surface area contributed by atoms with Crippen LogP contribution >= 0.6 is 0 Å². The SMILES string of the molecule is C=C(C)C(C=O)C1=CC1CCOC(=O)c1cc(N)cc(N)c1. The molecule has 5 heteroatoms. The van der Waals surface area contributed by atoms with Crippen LogP contribution < -0.4 is 11.5 Å². The number of nitrogen functional groups attached to an aromatic ring is 2. The van der Waals surface area contributed by atoms with Gasteiger partial charge >= 0.3 is 5.97 Å². The second kappa shape index (κ2) is 6.47. The molecule has 5 nitrogen and oxygen atoms in total. The molecule has 1 aliphatic carbocycles. The van der Waals surface area contributed by atoms with E-state index in [4.69, 9.17) is 16.2 Å². The molecule has 1 aromatic carbocycles. The Hall–Kier alpha value is -2.56. The van der Waals surface area contributed by atoms with Crippen molar-refractivity contribution in [1.29, 1.82) is 0 Å². The Morgan fingerprint density at radius 1 is 1.36 bits per heavy atom. The Balaban J connectivity index is 1.79. The van der Waals surface area contributed by atoms with E-state index in [2.05, 4.69) is 6.58 Å². The molecule has 0 heterocycles. The first-order valence-electron chi connectivity index (χ1n) is 7.08. The zero-order chi connectivity index (χ0) is 16.3. The Labute approximate surface area is 129 Å². The summed E-state index contributed by atoms with van der Waals surface area (Å²) >= 11 is 0. The maximum absolute atomic E-state index is 11.9. The molecule has 0 aliphatic heterocycles. The molecule has 116 valence electrons. The number of esters is 1. The minimum absolute atomic E-state index is 0.213. The van der Waals surface area contributed by atoms with Crippen molar-refractivity contribution in [3.05, 3.63) is 47.6 Å². The summed E-state index contributed by atoms with van der Waals surface area (Å²) in [7, 11) is 0. The van der Waals surface area contributed by atoms with Crippen LogP contribution in [0.25, 0.3) is 0 Å². The third kappa shape index (κ3) is 3.75. The van der Waals surface area contributed by atoms with Crippen LogP contribution in [-0.4, -0.2) is 18.9 Å². The summed E-state index contributed by atoms with van der Waals surface area (Å²) in [6.45, 7) is 5.92. The van der Waals surface area contributed by atoms with Gasteiger partial charge in [-0.3, -0.25) is 0 Å². The number of carbonyl (C=O) groups excluding carboxylic acids is 2. The van der Waals surface area contributed by atoms with E-state index in [1.807, 2.05) is 13.0 Å². The van der Waals surface area contributed by atoms with Crippen LogP contribution in [0.15, 0.2) is 42.0 Å². The van der Waals surface area contributed by atoms with Gasteiger partial charge in [0.25, 0.3) is 0 Å². The zero-order valence-corrected chi connectivity index (χ0v) is 12.5. The third-order valence-corrected chi connectivity index (χ3v) is 3.61. The second-order valence-corrected chi connectivity index (χ2v) is 5.55. The predicted molar refractivity (Wildman–Crippen MR) is 86.1 cm³/mol. The molecular formula is C17H20N2O3. The van der Waals surface area contributed by atoms with Crippen molar-refractivity contribution in [3.8, 4) is 0 Å². The fourth-order valence-electron chi connectivity index (χ4n) is 2.40. The van der Waals surface area contributed by atoms with E-state index in [0.29, 0.717) is 23.4 Å². The summed E-state index contributed by atoms with van der Waals surface area (Å²) in [5, 5.41) is 0. The van der Waals surface area contributed by atoms with E-state index in [0.717, 1.165) is 17.4 Å². The highest BCUT2D eigenvalue weighted by Gasteiger charge is 2.31. The molecule has 2 atom stereocenters. The number of hydrogen-bond acceptors (Lipinski definition) is 5. The standard InChI is InChI=1S/C17H20N2O3/c1-10(2)16(9-20)15-7-11(15)3-4-22-17(21)12-5-13(18)8-14(19)6-12/h5-9,11,16H,1,3-4,18-19H2,2H3. The molecule has 2 rings (SSSR count). The molecule has 1 aliphatic rings. The number of allylic oxidation sites excluding steroid dienone is 3. The highest BCUT2D eigenvalue weighted by atomic mass is 16.5. The molecule has 4 N–H and O–H groups in total. The van der Waals surface area contributed by atoms with Crippen molar-refractivity contribution < 1.29 is 14.3 Å². The molecule has 0 saturated carbocycles. The molecule has 0 spiro atoms. The number of rotatable bonds is 7. The number of hydrogen-bond donors (Lipinski definition) is 2. The summed E-state index contributed by atoms with van der Waals surface area (Å²) < 4.78 is 5.22. The fraction of sp³-hybridized carbons (Fsp3) is 0.294. The smallest absolute Gasteiger partial charge is 0.338 e. The van der Waals surface area contributed by atoms with Gasteiger partial charge < -0.3 is 21.0 Å². The van der Waals surface area contributed by atoms with E-state index in [1.54, 1.807) is 6.07 Å². The Bertz CT molecular complexity index is 629.